The number of nitrogens with zero attached hydrogens (tertiary/aromatic N) is 4. The van der Waals surface area contributed by atoms with Crippen LogP contribution in [0.2, 0.25) is 0 Å². The van der Waals surface area contributed by atoms with Gasteiger partial charge in [0.1, 0.15) is 6.04 Å². The highest BCUT2D eigenvalue weighted by Crippen LogP contribution is 2.19. The molecule has 2 atom stereocenters. The standard InChI is InChI=1S/C20H25N5O/c1-15(22-13-20(26)24-10-6-9-18(24)12-21)14-25-16(2)11-19(23-25)17-7-4-3-5-8-17/h3-5,7-8,11,15,18,22H,6,9-10,13-14H2,1-2H3/t15-,18-/m0/s1. The van der Waals surface area contributed by atoms with Crippen molar-refractivity contribution in [2.75, 3.05) is 13.1 Å². The zero-order valence-electron chi connectivity index (χ0n) is 15.4. The Morgan fingerprint density at radius 1 is 1.42 bits per heavy atom. The molecule has 0 bridgehead atoms. The predicted molar refractivity (Wildman–Crippen MR) is 100 cm³/mol. The summed E-state index contributed by atoms with van der Waals surface area (Å²) in [5, 5.41) is 17.1. The summed E-state index contributed by atoms with van der Waals surface area (Å²) in [7, 11) is 0. The van der Waals surface area contributed by atoms with Gasteiger partial charge in [0.15, 0.2) is 0 Å². The van der Waals surface area contributed by atoms with Crippen molar-refractivity contribution >= 4 is 5.91 Å². The fourth-order valence-corrected chi connectivity index (χ4v) is 3.33. The Hall–Kier alpha value is -2.65. The minimum absolute atomic E-state index is 0.00284. The number of hydrogen-bond acceptors (Lipinski definition) is 4. The van der Waals surface area contributed by atoms with E-state index in [2.05, 4.69) is 22.6 Å². The Morgan fingerprint density at radius 3 is 2.92 bits per heavy atom. The normalized spacial score (nSPS) is 17.9. The fraction of sp³-hybridized carbons (Fsp3) is 0.450. The smallest absolute Gasteiger partial charge is 0.237 e. The summed E-state index contributed by atoms with van der Waals surface area (Å²) in [6, 6.07) is 14.2. The van der Waals surface area contributed by atoms with Crippen LogP contribution >= 0.6 is 0 Å². The lowest BCUT2D eigenvalue weighted by atomic mass is 10.1. The molecule has 6 nitrogen and oxygen atoms in total. The van der Waals surface area contributed by atoms with Crippen LogP contribution in [0.1, 0.15) is 25.5 Å². The van der Waals surface area contributed by atoms with Gasteiger partial charge in [0.05, 0.1) is 24.9 Å². The molecule has 1 amide bonds. The number of aryl methyl sites for hydroxylation is 1. The minimum atomic E-state index is -0.263. The van der Waals surface area contributed by atoms with Crippen molar-refractivity contribution in [1.82, 2.24) is 20.0 Å². The van der Waals surface area contributed by atoms with Gasteiger partial charge in [-0.15, -0.1) is 0 Å². The highest BCUT2D eigenvalue weighted by atomic mass is 16.2. The summed E-state index contributed by atoms with van der Waals surface area (Å²) in [6.07, 6.45) is 1.70. The molecule has 6 heteroatoms. The van der Waals surface area contributed by atoms with E-state index in [9.17, 15) is 4.79 Å². The predicted octanol–water partition coefficient (Wildman–Crippen LogP) is 2.35. The van der Waals surface area contributed by atoms with Crippen LogP contribution < -0.4 is 5.32 Å². The number of amides is 1. The van der Waals surface area contributed by atoms with Gasteiger partial charge in [-0.1, -0.05) is 30.3 Å². The molecule has 0 spiro atoms. The average Bonchev–Trinajstić information content (AvgIpc) is 3.27. The first kappa shape index (κ1) is 18.2. The van der Waals surface area contributed by atoms with Crippen molar-refractivity contribution in [3.63, 3.8) is 0 Å². The van der Waals surface area contributed by atoms with E-state index >= 15 is 0 Å². The van der Waals surface area contributed by atoms with E-state index in [-0.39, 0.29) is 24.5 Å². The Morgan fingerprint density at radius 2 is 2.19 bits per heavy atom. The largest absolute Gasteiger partial charge is 0.326 e. The first-order valence-corrected chi connectivity index (χ1v) is 9.11. The Labute approximate surface area is 154 Å². The molecule has 1 aliphatic heterocycles. The van der Waals surface area contributed by atoms with Crippen LogP contribution in [-0.2, 0) is 11.3 Å². The Balaban J connectivity index is 1.55. The molecule has 0 radical (unpaired) electrons. The van der Waals surface area contributed by atoms with E-state index in [0.29, 0.717) is 13.1 Å². The van der Waals surface area contributed by atoms with Crippen molar-refractivity contribution in [3.8, 4) is 17.3 Å². The third-order valence-corrected chi connectivity index (χ3v) is 4.82. The van der Waals surface area contributed by atoms with Gasteiger partial charge in [0.25, 0.3) is 0 Å². The molecule has 136 valence electrons. The molecule has 2 aromatic rings. The van der Waals surface area contributed by atoms with Crippen LogP contribution in [0.4, 0.5) is 0 Å². The fourth-order valence-electron chi connectivity index (χ4n) is 3.33. The molecule has 2 heterocycles. The molecule has 0 aliphatic carbocycles. The molecule has 0 unspecified atom stereocenters. The van der Waals surface area contributed by atoms with Gasteiger partial charge < -0.3 is 10.2 Å². The van der Waals surface area contributed by atoms with Crippen molar-refractivity contribution in [3.05, 3.63) is 42.1 Å². The number of aromatic nitrogens is 2. The second-order valence-corrected chi connectivity index (χ2v) is 6.88. The maximum Gasteiger partial charge on any atom is 0.237 e. The van der Waals surface area contributed by atoms with Crippen LogP contribution in [0, 0.1) is 18.3 Å². The van der Waals surface area contributed by atoms with Crippen LogP contribution in [0.5, 0.6) is 0 Å². The molecule has 1 aliphatic rings. The molecule has 0 saturated carbocycles. The number of rotatable bonds is 6. The van der Waals surface area contributed by atoms with Crippen LogP contribution in [0.15, 0.2) is 36.4 Å². The molecule has 26 heavy (non-hydrogen) atoms. The first-order valence-electron chi connectivity index (χ1n) is 9.11. The van der Waals surface area contributed by atoms with Gasteiger partial charge in [0.2, 0.25) is 5.91 Å². The number of nitrogens with one attached hydrogen (secondary N) is 1. The van der Waals surface area contributed by atoms with Crippen LogP contribution in [0.25, 0.3) is 11.3 Å². The molecule has 1 fully saturated rings. The zero-order chi connectivity index (χ0) is 18.5. The van der Waals surface area contributed by atoms with Gasteiger partial charge in [-0.2, -0.15) is 10.4 Å². The Kier molecular flexibility index (Phi) is 5.69. The van der Waals surface area contributed by atoms with E-state index < -0.39 is 0 Å². The SMILES string of the molecule is Cc1cc(-c2ccccc2)nn1C[C@H](C)NCC(=O)N1CCC[C@H]1C#N. The lowest BCUT2D eigenvalue weighted by molar-refractivity contribution is -0.130. The summed E-state index contributed by atoms with van der Waals surface area (Å²) in [4.78, 5) is 14.0. The maximum atomic E-state index is 12.3. The number of carbonyl (C=O) groups excluding carboxylic acids is 1. The number of nitriles is 1. The average molecular weight is 351 g/mol. The molecular weight excluding hydrogens is 326 g/mol. The molecular formula is C20H25N5O. The third-order valence-electron chi connectivity index (χ3n) is 4.82. The van der Waals surface area contributed by atoms with Crippen molar-refractivity contribution in [1.29, 1.82) is 5.26 Å². The maximum absolute atomic E-state index is 12.3. The summed E-state index contributed by atoms with van der Waals surface area (Å²) < 4.78 is 1.97. The summed E-state index contributed by atoms with van der Waals surface area (Å²) in [5.74, 6) is 0.00284. The molecule has 1 aromatic heterocycles. The van der Waals surface area contributed by atoms with Gasteiger partial charge in [0, 0.05) is 23.8 Å². The van der Waals surface area contributed by atoms with E-state index in [0.717, 1.165) is 29.8 Å². The second kappa shape index (κ2) is 8.15. The van der Waals surface area contributed by atoms with E-state index in [1.54, 1.807) is 4.90 Å². The molecule has 3 rings (SSSR count). The van der Waals surface area contributed by atoms with Gasteiger partial charge in [-0.25, -0.2) is 0 Å². The van der Waals surface area contributed by atoms with Gasteiger partial charge in [-0.3, -0.25) is 9.48 Å². The topological polar surface area (TPSA) is 74.0 Å². The lowest BCUT2D eigenvalue weighted by Gasteiger charge is -2.21. The van der Waals surface area contributed by atoms with Crippen LogP contribution in [0.3, 0.4) is 0 Å². The second-order valence-electron chi connectivity index (χ2n) is 6.88. The van der Waals surface area contributed by atoms with E-state index in [1.807, 2.05) is 48.9 Å². The number of benzene rings is 1. The van der Waals surface area contributed by atoms with Crippen LogP contribution in [-0.4, -0.2) is 45.8 Å². The van der Waals surface area contributed by atoms with E-state index in [1.165, 1.54) is 0 Å². The molecule has 1 saturated heterocycles. The highest BCUT2D eigenvalue weighted by molar-refractivity contribution is 5.79. The van der Waals surface area contributed by atoms with Crippen molar-refractivity contribution in [2.24, 2.45) is 0 Å². The quantitative estimate of drug-likeness (QED) is 0.867. The summed E-state index contributed by atoms with van der Waals surface area (Å²) in [6.45, 7) is 5.71. The summed E-state index contributed by atoms with van der Waals surface area (Å²) >= 11 is 0. The van der Waals surface area contributed by atoms with Gasteiger partial charge in [-0.05, 0) is 32.8 Å². The monoisotopic (exact) mass is 351 g/mol. The first-order chi connectivity index (χ1) is 12.6. The highest BCUT2D eigenvalue weighted by Gasteiger charge is 2.28. The molecule has 1 aromatic carbocycles. The lowest BCUT2D eigenvalue weighted by Crippen LogP contribution is -2.43. The zero-order valence-corrected chi connectivity index (χ0v) is 15.4. The van der Waals surface area contributed by atoms with Crippen molar-refractivity contribution < 1.29 is 4.79 Å². The number of carbonyl (C=O) groups is 1. The third kappa shape index (κ3) is 4.12. The minimum Gasteiger partial charge on any atom is -0.326 e. The number of hydrogen-bond donors (Lipinski definition) is 1. The van der Waals surface area contributed by atoms with Gasteiger partial charge >= 0.3 is 0 Å². The molecule has 1 N–H and O–H groups in total. The Bertz CT molecular complexity index is 792. The van der Waals surface area contributed by atoms with Crippen molar-refractivity contribution in [2.45, 2.75) is 45.3 Å². The van der Waals surface area contributed by atoms with E-state index in [4.69, 9.17) is 5.26 Å². The number of likely N-dealkylation sites (tertiary alicyclic amines) is 1. The summed E-state index contributed by atoms with van der Waals surface area (Å²) in [5.41, 5.74) is 3.15.